The fourth-order valence-corrected chi connectivity index (χ4v) is 4.25. The quantitative estimate of drug-likeness (QED) is 0.397. The van der Waals surface area contributed by atoms with Crippen molar-refractivity contribution in [2.75, 3.05) is 26.6 Å². The first-order valence-corrected chi connectivity index (χ1v) is 11.0. The second-order valence-electron chi connectivity index (χ2n) is 7.95. The topological polar surface area (TPSA) is 116 Å². The van der Waals surface area contributed by atoms with Crippen LogP contribution in [0.2, 0.25) is 0 Å². The molecule has 9 nitrogen and oxygen atoms in total. The number of hydrogen-bond acceptors (Lipinski definition) is 7. The van der Waals surface area contributed by atoms with Gasteiger partial charge in [-0.25, -0.2) is 4.98 Å². The number of pyridine rings is 1. The summed E-state index contributed by atoms with van der Waals surface area (Å²) in [5.74, 6) is -0.170. The number of fused-ring (bicyclic) bond motifs is 2. The second kappa shape index (κ2) is 9.03. The van der Waals surface area contributed by atoms with Crippen molar-refractivity contribution in [3.8, 4) is 28.5 Å². The van der Waals surface area contributed by atoms with Crippen LogP contribution in [0.15, 0.2) is 60.7 Å². The number of carbonyl (C=O) groups is 3. The van der Waals surface area contributed by atoms with E-state index in [-0.39, 0.29) is 16.8 Å². The molecule has 0 fully saturated rings. The van der Waals surface area contributed by atoms with E-state index >= 15 is 0 Å². The molecule has 2 heterocycles. The van der Waals surface area contributed by atoms with Crippen molar-refractivity contribution >= 4 is 34.3 Å². The minimum Gasteiger partial charge on any atom is -0.493 e. The first kappa shape index (κ1) is 22.9. The molecule has 0 saturated carbocycles. The van der Waals surface area contributed by atoms with E-state index in [2.05, 4.69) is 10.6 Å². The van der Waals surface area contributed by atoms with Crippen LogP contribution in [0.3, 0.4) is 0 Å². The van der Waals surface area contributed by atoms with E-state index in [1.54, 1.807) is 42.5 Å². The molecule has 0 spiro atoms. The van der Waals surface area contributed by atoms with Gasteiger partial charge in [-0.3, -0.25) is 19.7 Å². The fraction of sp³-hybridized carbons (Fsp3) is 0.111. The third-order valence-electron chi connectivity index (χ3n) is 5.93. The number of benzene rings is 3. The Hall–Kier alpha value is -4.92. The van der Waals surface area contributed by atoms with Gasteiger partial charge in [0.25, 0.3) is 17.7 Å². The third-order valence-corrected chi connectivity index (χ3v) is 5.93. The van der Waals surface area contributed by atoms with Gasteiger partial charge < -0.3 is 19.5 Å². The van der Waals surface area contributed by atoms with Crippen LogP contribution in [0.1, 0.15) is 31.1 Å². The van der Waals surface area contributed by atoms with E-state index in [1.165, 1.54) is 27.4 Å². The van der Waals surface area contributed by atoms with Gasteiger partial charge in [0.05, 0.1) is 54.9 Å². The molecule has 2 N–H and O–H groups in total. The van der Waals surface area contributed by atoms with Crippen molar-refractivity contribution in [1.29, 1.82) is 0 Å². The number of hydrogen-bond donors (Lipinski definition) is 2. The summed E-state index contributed by atoms with van der Waals surface area (Å²) in [7, 11) is 4.56. The number of ether oxygens (including phenoxy) is 3. The predicted octanol–water partition coefficient (Wildman–Crippen LogP) is 4.06. The molecule has 36 heavy (non-hydrogen) atoms. The van der Waals surface area contributed by atoms with Crippen LogP contribution in [0.25, 0.3) is 22.2 Å². The van der Waals surface area contributed by atoms with Crippen molar-refractivity contribution in [3.05, 3.63) is 77.4 Å². The van der Waals surface area contributed by atoms with E-state index in [9.17, 15) is 14.4 Å². The number of aromatic nitrogens is 1. The molecule has 0 aliphatic carbocycles. The van der Waals surface area contributed by atoms with Crippen molar-refractivity contribution < 1.29 is 28.6 Å². The molecule has 1 aliphatic rings. The fourth-order valence-electron chi connectivity index (χ4n) is 4.25. The van der Waals surface area contributed by atoms with Crippen molar-refractivity contribution in [1.82, 2.24) is 10.3 Å². The molecule has 4 aromatic rings. The monoisotopic (exact) mass is 483 g/mol. The summed E-state index contributed by atoms with van der Waals surface area (Å²) >= 11 is 0. The summed E-state index contributed by atoms with van der Waals surface area (Å²) in [6.07, 6.45) is 0. The molecule has 0 bridgehead atoms. The van der Waals surface area contributed by atoms with Crippen molar-refractivity contribution in [2.24, 2.45) is 0 Å². The maximum absolute atomic E-state index is 13.5. The summed E-state index contributed by atoms with van der Waals surface area (Å²) in [6.45, 7) is 0. The molecule has 0 saturated heterocycles. The van der Waals surface area contributed by atoms with E-state index in [4.69, 9.17) is 19.2 Å². The van der Waals surface area contributed by atoms with Gasteiger partial charge in [-0.2, -0.15) is 0 Å². The lowest BCUT2D eigenvalue weighted by Crippen LogP contribution is -2.21. The average molecular weight is 483 g/mol. The Balaban J connectivity index is 1.63. The van der Waals surface area contributed by atoms with Gasteiger partial charge in [0.15, 0.2) is 11.5 Å². The first-order valence-electron chi connectivity index (χ1n) is 11.0. The summed E-state index contributed by atoms with van der Waals surface area (Å²) in [5, 5.41) is 5.67. The Morgan fingerprint density at radius 1 is 0.861 bits per heavy atom. The number of methoxy groups -OCH3 is 3. The van der Waals surface area contributed by atoms with E-state index in [0.29, 0.717) is 45.0 Å². The number of imide groups is 1. The highest BCUT2D eigenvalue weighted by Gasteiger charge is 2.30. The Morgan fingerprint density at radius 3 is 2.28 bits per heavy atom. The van der Waals surface area contributed by atoms with Crippen molar-refractivity contribution in [3.63, 3.8) is 0 Å². The SMILES string of the molecule is COc1cc(-c2cc(C(=O)Nc3cccc4c3C(=O)NC4=O)c3ccccc3n2)cc(OC)c1OC. The lowest BCUT2D eigenvalue weighted by Gasteiger charge is -2.15. The third kappa shape index (κ3) is 3.76. The zero-order valence-electron chi connectivity index (χ0n) is 19.7. The second-order valence-corrected chi connectivity index (χ2v) is 7.95. The van der Waals surface area contributed by atoms with Gasteiger partial charge in [-0.1, -0.05) is 24.3 Å². The Bertz CT molecular complexity index is 1540. The molecule has 5 rings (SSSR count). The number of nitrogens with one attached hydrogen (secondary N) is 2. The molecule has 180 valence electrons. The maximum atomic E-state index is 13.5. The summed E-state index contributed by atoms with van der Waals surface area (Å²) in [4.78, 5) is 42.6. The van der Waals surface area contributed by atoms with Gasteiger partial charge in [-0.15, -0.1) is 0 Å². The molecule has 9 heteroatoms. The number of nitrogens with zero attached hydrogens (tertiary/aromatic N) is 1. The zero-order chi connectivity index (χ0) is 25.4. The Morgan fingerprint density at radius 2 is 1.58 bits per heavy atom. The van der Waals surface area contributed by atoms with Gasteiger partial charge in [0.1, 0.15) is 0 Å². The van der Waals surface area contributed by atoms with Crippen molar-refractivity contribution in [2.45, 2.75) is 0 Å². The van der Waals surface area contributed by atoms with Crippen LogP contribution < -0.4 is 24.8 Å². The normalized spacial score (nSPS) is 12.2. The standard InChI is InChI=1S/C27H21N3O6/c1-34-21-11-14(12-22(35-2)24(21)36-3)20-13-17(15-7-4-5-9-18(15)28-20)26(32)29-19-10-6-8-16-23(19)27(33)30-25(16)31/h4-13H,1-3H3,(H,29,32)(H,30,31,33). The summed E-state index contributed by atoms with van der Waals surface area (Å²) < 4.78 is 16.3. The molecule has 3 aromatic carbocycles. The van der Waals surface area contributed by atoms with Crippen LogP contribution in [0.5, 0.6) is 17.2 Å². The Labute approximate surface area is 206 Å². The molecule has 3 amide bonds. The lowest BCUT2D eigenvalue weighted by atomic mass is 10.0. The van der Waals surface area contributed by atoms with Crippen LogP contribution in [-0.4, -0.2) is 44.0 Å². The predicted molar refractivity (Wildman–Crippen MR) is 133 cm³/mol. The first-order chi connectivity index (χ1) is 17.4. The van der Waals surface area contributed by atoms with Crippen LogP contribution in [-0.2, 0) is 0 Å². The molecule has 0 atom stereocenters. The summed E-state index contributed by atoms with van der Waals surface area (Å²) in [6, 6.07) is 17.1. The number of anilines is 1. The molecular weight excluding hydrogens is 462 g/mol. The Kier molecular flexibility index (Phi) is 5.73. The van der Waals surface area contributed by atoms with Gasteiger partial charge in [0, 0.05) is 10.9 Å². The smallest absolute Gasteiger partial charge is 0.261 e. The van der Waals surface area contributed by atoms with E-state index in [1.807, 2.05) is 12.1 Å². The number of amides is 3. The van der Waals surface area contributed by atoms with Crippen LogP contribution in [0, 0.1) is 0 Å². The minimum absolute atomic E-state index is 0.138. The van der Waals surface area contributed by atoms with Gasteiger partial charge >= 0.3 is 0 Å². The lowest BCUT2D eigenvalue weighted by molar-refractivity contribution is 0.0879. The zero-order valence-corrected chi connectivity index (χ0v) is 19.7. The molecule has 1 aromatic heterocycles. The molecular formula is C27H21N3O6. The minimum atomic E-state index is -0.552. The number of rotatable bonds is 6. The van der Waals surface area contributed by atoms with Gasteiger partial charge in [-0.05, 0) is 36.4 Å². The highest BCUT2D eigenvalue weighted by Crippen LogP contribution is 2.41. The van der Waals surface area contributed by atoms with Gasteiger partial charge in [0.2, 0.25) is 5.75 Å². The van der Waals surface area contributed by atoms with E-state index < -0.39 is 17.7 Å². The largest absolute Gasteiger partial charge is 0.493 e. The molecule has 0 radical (unpaired) electrons. The van der Waals surface area contributed by atoms with Crippen LogP contribution in [0.4, 0.5) is 5.69 Å². The van der Waals surface area contributed by atoms with E-state index in [0.717, 1.165) is 0 Å². The highest BCUT2D eigenvalue weighted by molar-refractivity contribution is 6.25. The maximum Gasteiger partial charge on any atom is 0.261 e. The number of carbonyl (C=O) groups excluding carboxylic acids is 3. The highest BCUT2D eigenvalue weighted by atomic mass is 16.5. The average Bonchev–Trinajstić information content (AvgIpc) is 3.20. The summed E-state index contributed by atoms with van der Waals surface area (Å²) in [5.41, 5.74) is 2.69. The van der Waals surface area contributed by atoms with Crippen LogP contribution >= 0.6 is 0 Å². The number of para-hydroxylation sites is 1. The molecule has 1 aliphatic heterocycles. The molecule has 0 unspecified atom stereocenters.